The van der Waals surface area contributed by atoms with Gasteiger partial charge in [-0.2, -0.15) is 10.3 Å². The van der Waals surface area contributed by atoms with Crippen molar-refractivity contribution in [2.24, 2.45) is 0 Å². The van der Waals surface area contributed by atoms with E-state index in [0.29, 0.717) is 5.56 Å². The van der Waals surface area contributed by atoms with Gasteiger partial charge in [-0.05, 0) is 19.1 Å². The first-order chi connectivity index (χ1) is 8.61. The third-order valence-electron chi connectivity index (χ3n) is 2.19. The summed E-state index contributed by atoms with van der Waals surface area (Å²) in [6, 6.07) is 3.90. The molecule has 94 valence electrons. The van der Waals surface area contributed by atoms with Gasteiger partial charge < -0.3 is 14.9 Å². The lowest BCUT2D eigenvalue weighted by Crippen LogP contribution is -2.06. The van der Waals surface area contributed by atoms with Crippen molar-refractivity contribution >= 4 is 5.97 Å². The molecule has 7 heteroatoms. The molecular formula is C11H11N3O4. The lowest BCUT2D eigenvalue weighted by atomic mass is 10.1. The summed E-state index contributed by atoms with van der Waals surface area (Å²) in [5.41, 5.74) is 0.575. The average Bonchev–Trinajstić information content (AvgIpc) is 2.76. The van der Waals surface area contributed by atoms with E-state index in [2.05, 4.69) is 15.4 Å². The van der Waals surface area contributed by atoms with Gasteiger partial charge >= 0.3 is 5.97 Å². The molecule has 0 aliphatic heterocycles. The predicted molar refractivity (Wildman–Crippen MR) is 61.1 cm³/mol. The third kappa shape index (κ3) is 2.24. The highest BCUT2D eigenvalue weighted by Gasteiger charge is 2.19. The molecule has 0 amide bonds. The van der Waals surface area contributed by atoms with E-state index in [0.717, 1.165) is 0 Å². The summed E-state index contributed by atoms with van der Waals surface area (Å²) in [5.74, 6) is -0.894. The molecule has 2 rings (SSSR count). The number of carbonyl (C=O) groups is 1. The van der Waals surface area contributed by atoms with Crippen LogP contribution < -0.4 is 0 Å². The van der Waals surface area contributed by atoms with Gasteiger partial charge in [0.25, 0.3) is 0 Å². The first kappa shape index (κ1) is 11.9. The molecule has 1 aromatic heterocycles. The number of hydrogen-bond donors (Lipinski definition) is 3. The number of aromatic amines is 1. The van der Waals surface area contributed by atoms with Crippen molar-refractivity contribution < 1.29 is 19.7 Å². The van der Waals surface area contributed by atoms with Gasteiger partial charge in [0.15, 0.2) is 5.69 Å². The maximum atomic E-state index is 11.6. The zero-order chi connectivity index (χ0) is 13.1. The van der Waals surface area contributed by atoms with Crippen LogP contribution in [0.4, 0.5) is 0 Å². The number of aromatic hydroxyl groups is 2. The molecule has 0 aliphatic rings. The van der Waals surface area contributed by atoms with Crippen LogP contribution in [0.1, 0.15) is 17.4 Å². The zero-order valence-corrected chi connectivity index (χ0v) is 9.54. The lowest BCUT2D eigenvalue weighted by molar-refractivity contribution is 0.0520. The second kappa shape index (κ2) is 4.74. The van der Waals surface area contributed by atoms with Crippen molar-refractivity contribution in [3.8, 4) is 22.8 Å². The van der Waals surface area contributed by atoms with Gasteiger partial charge in [-0.1, -0.05) is 0 Å². The minimum absolute atomic E-state index is 0.00171. The fourth-order valence-corrected chi connectivity index (χ4v) is 1.51. The Morgan fingerprint density at radius 3 is 2.56 bits per heavy atom. The first-order valence-corrected chi connectivity index (χ1v) is 5.23. The Kier molecular flexibility index (Phi) is 3.13. The monoisotopic (exact) mass is 249 g/mol. The SMILES string of the molecule is CCOC(=O)c1n[nH]nc1-c1cc(O)cc(O)c1. The number of ether oxygens (including phenoxy) is 1. The third-order valence-corrected chi connectivity index (χ3v) is 2.19. The minimum atomic E-state index is -0.621. The molecule has 0 bridgehead atoms. The van der Waals surface area contributed by atoms with E-state index in [4.69, 9.17) is 4.74 Å². The summed E-state index contributed by atoms with van der Waals surface area (Å²) >= 11 is 0. The summed E-state index contributed by atoms with van der Waals surface area (Å²) in [6.45, 7) is 1.90. The standard InChI is InChI=1S/C11H11N3O4/c1-2-18-11(17)10-9(12-14-13-10)6-3-7(15)5-8(16)4-6/h3-5,15-16H,2H2,1H3,(H,12,13,14). The van der Waals surface area contributed by atoms with E-state index in [9.17, 15) is 15.0 Å². The summed E-state index contributed by atoms with van der Waals surface area (Å²) in [7, 11) is 0. The number of carbonyl (C=O) groups excluding carboxylic acids is 1. The number of phenolic OH excluding ortho intramolecular Hbond substituents is 2. The fourth-order valence-electron chi connectivity index (χ4n) is 1.51. The number of benzene rings is 1. The molecule has 7 nitrogen and oxygen atoms in total. The van der Waals surface area contributed by atoms with Crippen LogP contribution >= 0.6 is 0 Å². The van der Waals surface area contributed by atoms with E-state index >= 15 is 0 Å². The summed E-state index contributed by atoms with van der Waals surface area (Å²) in [4.78, 5) is 11.6. The van der Waals surface area contributed by atoms with Gasteiger partial charge in [-0.15, -0.1) is 5.10 Å². The van der Waals surface area contributed by atoms with Crippen molar-refractivity contribution in [2.45, 2.75) is 6.92 Å². The molecule has 0 atom stereocenters. The Bertz CT molecular complexity index is 559. The number of aromatic nitrogens is 3. The Labute approximate surface area is 102 Å². The van der Waals surface area contributed by atoms with E-state index in [1.165, 1.54) is 18.2 Å². The van der Waals surface area contributed by atoms with Gasteiger partial charge in [0, 0.05) is 11.6 Å². The molecule has 2 aromatic rings. The highest BCUT2D eigenvalue weighted by molar-refractivity contribution is 5.94. The summed E-state index contributed by atoms with van der Waals surface area (Å²) in [5, 5.41) is 28.6. The maximum Gasteiger partial charge on any atom is 0.361 e. The van der Waals surface area contributed by atoms with E-state index in [-0.39, 0.29) is 29.5 Å². The van der Waals surface area contributed by atoms with Crippen molar-refractivity contribution in [2.75, 3.05) is 6.61 Å². The van der Waals surface area contributed by atoms with Gasteiger partial charge in [0.2, 0.25) is 0 Å². The van der Waals surface area contributed by atoms with Crippen molar-refractivity contribution in [1.82, 2.24) is 15.4 Å². The normalized spacial score (nSPS) is 10.3. The van der Waals surface area contributed by atoms with Crippen LogP contribution in [0.15, 0.2) is 18.2 Å². The molecule has 3 N–H and O–H groups in total. The van der Waals surface area contributed by atoms with Crippen LogP contribution in [0.2, 0.25) is 0 Å². The molecule has 0 radical (unpaired) electrons. The van der Waals surface area contributed by atoms with Crippen LogP contribution in [-0.2, 0) is 4.74 Å². The van der Waals surface area contributed by atoms with Crippen LogP contribution in [0.5, 0.6) is 11.5 Å². The highest BCUT2D eigenvalue weighted by Crippen LogP contribution is 2.28. The van der Waals surface area contributed by atoms with Crippen LogP contribution in [0.3, 0.4) is 0 Å². The number of H-pyrrole nitrogens is 1. The molecule has 0 fully saturated rings. The molecule has 0 spiro atoms. The predicted octanol–water partition coefficient (Wildman–Crippen LogP) is 1.06. The van der Waals surface area contributed by atoms with Crippen molar-refractivity contribution in [3.05, 3.63) is 23.9 Å². The smallest absolute Gasteiger partial charge is 0.361 e. The largest absolute Gasteiger partial charge is 0.508 e. The minimum Gasteiger partial charge on any atom is -0.508 e. The molecular weight excluding hydrogens is 238 g/mol. The zero-order valence-electron chi connectivity index (χ0n) is 9.54. The molecule has 0 saturated heterocycles. The number of hydrogen-bond acceptors (Lipinski definition) is 6. The summed E-state index contributed by atoms with van der Waals surface area (Å²) in [6.07, 6.45) is 0. The first-order valence-electron chi connectivity index (χ1n) is 5.23. The Morgan fingerprint density at radius 2 is 1.94 bits per heavy atom. The second-order valence-corrected chi connectivity index (χ2v) is 3.48. The van der Waals surface area contributed by atoms with Crippen LogP contribution in [0.25, 0.3) is 11.3 Å². The maximum absolute atomic E-state index is 11.6. The Hall–Kier alpha value is -2.57. The molecule has 18 heavy (non-hydrogen) atoms. The Balaban J connectivity index is 2.45. The van der Waals surface area contributed by atoms with Gasteiger partial charge in [0.05, 0.1) is 6.61 Å². The fraction of sp³-hybridized carbons (Fsp3) is 0.182. The molecule has 0 unspecified atom stereocenters. The molecule has 1 heterocycles. The topological polar surface area (TPSA) is 108 Å². The number of phenols is 2. The van der Waals surface area contributed by atoms with Crippen LogP contribution in [0, 0.1) is 0 Å². The Morgan fingerprint density at radius 1 is 1.28 bits per heavy atom. The number of nitrogens with one attached hydrogen (secondary N) is 1. The van der Waals surface area contributed by atoms with Crippen molar-refractivity contribution in [1.29, 1.82) is 0 Å². The van der Waals surface area contributed by atoms with Crippen LogP contribution in [-0.4, -0.2) is 38.2 Å². The van der Waals surface area contributed by atoms with E-state index in [1.807, 2.05) is 0 Å². The van der Waals surface area contributed by atoms with E-state index < -0.39 is 5.97 Å². The quantitative estimate of drug-likeness (QED) is 0.702. The van der Waals surface area contributed by atoms with Gasteiger partial charge in [-0.3, -0.25) is 0 Å². The molecule has 0 saturated carbocycles. The lowest BCUT2D eigenvalue weighted by Gasteiger charge is -2.02. The number of rotatable bonds is 3. The average molecular weight is 249 g/mol. The van der Waals surface area contributed by atoms with Crippen molar-refractivity contribution in [3.63, 3.8) is 0 Å². The summed E-state index contributed by atoms with van der Waals surface area (Å²) < 4.78 is 4.82. The van der Waals surface area contributed by atoms with Gasteiger partial charge in [-0.25, -0.2) is 4.79 Å². The number of nitrogens with zero attached hydrogens (tertiary/aromatic N) is 2. The second-order valence-electron chi connectivity index (χ2n) is 3.48. The van der Waals surface area contributed by atoms with Gasteiger partial charge in [0.1, 0.15) is 17.2 Å². The number of esters is 1. The highest BCUT2D eigenvalue weighted by atomic mass is 16.5. The molecule has 0 aliphatic carbocycles. The van der Waals surface area contributed by atoms with E-state index in [1.54, 1.807) is 6.92 Å². The molecule has 1 aromatic carbocycles.